The van der Waals surface area contributed by atoms with E-state index in [0.29, 0.717) is 11.7 Å². The summed E-state index contributed by atoms with van der Waals surface area (Å²) in [6.45, 7) is 5.82. The minimum atomic E-state index is -0.481. The Morgan fingerprint density at radius 2 is 1.80 bits per heavy atom. The molecule has 1 atom stereocenters. The van der Waals surface area contributed by atoms with Crippen LogP contribution in [0.1, 0.15) is 41.4 Å². The predicted octanol–water partition coefficient (Wildman–Crippen LogP) is 3.23. The molecule has 0 saturated carbocycles. The highest BCUT2D eigenvalue weighted by molar-refractivity contribution is 5.98. The zero-order valence-corrected chi connectivity index (χ0v) is 17.4. The summed E-state index contributed by atoms with van der Waals surface area (Å²) in [5.41, 5.74) is 5.24. The molecule has 7 nitrogen and oxygen atoms in total. The van der Waals surface area contributed by atoms with Gasteiger partial charge in [0.05, 0.1) is 11.4 Å². The van der Waals surface area contributed by atoms with E-state index in [1.807, 2.05) is 19.1 Å². The third kappa shape index (κ3) is 3.39. The number of amides is 1. The summed E-state index contributed by atoms with van der Waals surface area (Å²) >= 11 is 0. The highest BCUT2D eigenvalue weighted by atomic mass is 16.2. The summed E-state index contributed by atoms with van der Waals surface area (Å²) in [5.74, 6) is 1.17. The van der Waals surface area contributed by atoms with Crippen LogP contribution in [0, 0.1) is 19.8 Å². The van der Waals surface area contributed by atoms with Crippen molar-refractivity contribution in [2.24, 2.45) is 5.92 Å². The number of carbonyl (C=O) groups is 1. The molecular formula is C23H26N6O. The molecule has 1 amide bonds. The second-order valence-electron chi connectivity index (χ2n) is 8.46. The zero-order chi connectivity index (χ0) is 20.7. The summed E-state index contributed by atoms with van der Waals surface area (Å²) in [6.07, 6.45) is 3.21. The van der Waals surface area contributed by atoms with E-state index in [2.05, 4.69) is 63.0 Å². The van der Waals surface area contributed by atoms with Gasteiger partial charge in [-0.05, 0) is 91.4 Å². The summed E-state index contributed by atoms with van der Waals surface area (Å²) in [6, 6.07) is 14.2. The number of aromatic nitrogens is 4. The largest absolute Gasteiger partial charge is 0.322 e. The number of hydrogen-bond donors (Lipinski definition) is 1. The topological polar surface area (TPSA) is 75.9 Å². The van der Waals surface area contributed by atoms with Crippen LogP contribution in [-0.2, 0) is 11.2 Å². The maximum absolute atomic E-state index is 13.2. The van der Waals surface area contributed by atoms with Crippen LogP contribution in [0.15, 0.2) is 42.5 Å². The monoisotopic (exact) mass is 402 g/mol. The third-order valence-electron chi connectivity index (χ3n) is 6.47. The first-order valence-corrected chi connectivity index (χ1v) is 10.6. The van der Waals surface area contributed by atoms with Gasteiger partial charge in [0.25, 0.3) is 0 Å². The molecule has 1 aromatic heterocycles. The van der Waals surface area contributed by atoms with Gasteiger partial charge in [0.15, 0.2) is 11.9 Å². The van der Waals surface area contributed by atoms with E-state index in [1.54, 1.807) is 4.68 Å². The van der Waals surface area contributed by atoms with Crippen molar-refractivity contribution in [2.45, 2.75) is 39.2 Å². The van der Waals surface area contributed by atoms with Crippen LogP contribution in [0.2, 0.25) is 0 Å². The van der Waals surface area contributed by atoms with Crippen molar-refractivity contribution in [2.75, 3.05) is 18.4 Å². The normalized spacial score (nSPS) is 19.7. The van der Waals surface area contributed by atoms with Gasteiger partial charge < -0.3 is 5.32 Å². The van der Waals surface area contributed by atoms with Gasteiger partial charge in [0.1, 0.15) is 0 Å². The van der Waals surface area contributed by atoms with Crippen molar-refractivity contribution in [3.05, 3.63) is 65.0 Å². The van der Waals surface area contributed by atoms with E-state index in [-0.39, 0.29) is 5.91 Å². The maximum Gasteiger partial charge on any atom is 0.249 e. The van der Waals surface area contributed by atoms with E-state index in [1.165, 1.54) is 5.56 Å². The molecule has 0 spiro atoms. The van der Waals surface area contributed by atoms with E-state index in [4.69, 9.17) is 0 Å². The molecule has 1 N–H and O–H groups in total. The first-order valence-electron chi connectivity index (χ1n) is 10.6. The molecule has 2 aliphatic rings. The molecule has 2 aromatic carbocycles. The number of aryl methyl sites for hydroxylation is 2. The number of anilines is 1. The number of tetrazole rings is 1. The molecule has 5 rings (SSSR count). The Kier molecular flexibility index (Phi) is 4.83. The van der Waals surface area contributed by atoms with Crippen LogP contribution < -0.4 is 5.32 Å². The molecule has 1 unspecified atom stereocenters. The fourth-order valence-electron chi connectivity index (χ4n) is 4.62. The second-order valence-corrected chi connectivity index (χ2v) is 8.46. The molecule has 3 aromatic rings. The van der Waals surface area contributed by atoms with Crippen LogP contribution in [0.25, 0.3) is 5.69 Å². The van der Waals surface area contributed by atoms with Crippen LogP contribution in [-0.4, -0.2) is 44.1 Å². The average Bonchev–Trinajstić information content (AvgIpc) is 3.18. The molecule has 154 valence electrons. The smallest absolute Gasteiger partial charge is 0.249 e. The van der Waals surface area contributed by atoms with Crippen molar-refractivity contribution < 1.29 is 4.79 Å². The number of rotatable bonds is 3. The van der Waals surface area contributed by atoms with Gasteiger partial charge >= 0.3 is 0 Å². The van der Waals surface area contributed by atoms with Crippen LogP contribution in [0.4, 0.5) is 5.69 Å². The van der Waals surface area contributed by atoms with Gasteiger partial charge in [0.2, 0.25) is 5.91 Å². The minimum absolute atomic E-state index is 0.0606. The number of nitrogens with one attached hydrogen (secondary N) is 1. The molecule has 1 fully saturated rings. The molecule has 30 heavy (non-hydrogen) atoms. The van der Waals surface area contributed by atoms with Gasteiger partial charge in [-0.3, -0.25) is 9.69 Å². The molecule has 0 aliphatic carbocycles. The predicted molar refractivity (Wildman–Crippen MR) is 114 cm³/mol. The summed E-state index contributed by atoms with van der Waals surface area (Å²) in [5, 5.41) is 15.5. The standard InChI is InChI=1S/C23H26N6O/c1-15-12-19-20(13-16(15)2)29-22(25-26-27-29)21(23(30)24-19)28-10-8-18(9-11-28)14-17-6-4-3-5-7-17/h3-7,12-13,18,21H,8-11,14H2,1-2H3,(H,24,30). The van der Waals surface area contributed by atoms with Crippen molar-refractivity contribution in [1.82, 2.24) is 25.1 Å². The molecule has 0 bridgehead atoms. The summed E-state index contributed by atoms with van der Waals surface area (Å²) in [7, 11) is 0. The highest BCUT2D eigenvalue weighted by Gasteiger charge is 2.38. The number of hydrogen-bond acceptors (Lipinski definition) is 5. The Morgan fingerprint density at radius 3 is 2.57 bits per heavy atom. The molecule has 2 aliphatic heterocycles. The maximum atomic E-state index is 13.2. The number of likely N-dealkylation sites (tertiary alicyclic amines) is 1. The summed E-state index contributed by atoms with van der Waals surface area (Å²) < 4.78 is 1.72. The fraction of sp³-hybridized carbons (Fsp3) is 0.391. The molecule has 3 heterocycles. The van der Waals surface area contributed by atoms with E-state index in [9.17, 15) is 4.79 Å². The van der Waals surface area contributed by atoms with Crippen molar-refractivity contribution >= 4 is 11.6 Å². The van der Waals surface area contributed by atoms with E-state index >= 15 is 0 Å². The lowest BCUT2D eigenvalue weighted by Crippen LogP contribution is -2.42. The Balaban J connectivity index is 1.38. The molecular weight excluding hydrogens is 376 g/mol. The van der Waals surface area contributed by atoms with Gasteiger partial charge in [0, 0.05) is 0 Å². The quantitative estimate of drug-likeness (QED) is 0.728. The van der Waals surface area contributed by atoms with E-state index < -0.39 is 6.04 Å². The molecule has 0 radical (unpaired) electrons. The van der Waals surface area contributed by atoms with Gasteiger partial charge in [-0.25, -0.2) is 0 Å². The number of nitrogens with zero attached hydrogens (tertiary/aromatic N) is 5. The van der Waals surface area contributed by atoms with Gasteiger partial charge in [-0.2, -0.15) is 4.68 Å². The zero-order valence-electron chi connectivity index (χ0n) is 17.4. The van der Waals surface area contributed by atoms with Crippen molar-refractivity contribution in [3.8, 4) is 5.69 Å². The fourth-order valence-corrected chi connectivity index (χ4v) is 4.62. The van der Waals surface area contributed by atoms with Crippen LogP contribution in [0.3, 0.4) is 0 Å². The summed E-state index contributed by atoms with van der Waals surface area (Å²) in [4.78, 5) is 15.5. The number of piperidine rings is 1. The third-order valence-corrected chi connectivity index (χ3v) is 6.47. The van der Waals surface area contributed by atoms with Crippen LogP contribution >= 0.6 is 0 Å². The van der Waals surface area contributed by atoms with E-state index in [0.717, 1.165) is 54.9 Å². The van der Waals surface area contributed by atoms with Gasteiger partial charge in [-0.15, -0.1) is 5.10 Å². The SMILES string of the molecule is Cc1cc2c(cc1C)-n1nnnc1C(N1CCC(Cc3ccccc3)CC1)C(=O)N2. The molecule has 7 heteroatoms. The van der Waals surface area contributed by atoms with Crippen LogP contribution in [0.5, 0.6) is 0 Å². The van der Waals surface area contributed by atoms with Crippen molar-refractivity contribution in [1.29, 1.82) is 0 Å². The minimum Gasteiger partial charge on any atom is -0.322 e. The highest BCUT2D eigenvalue weighted by Crippen LogP contribution is 2.34. The Labute approximate surface area is 176 Å². The average molecular weight is 403 g/mol. The lowest BCUT2D eigenvalue weighted by atomic mass is 9.89. The Hall–Kier alpha value is -3.06. The number of benzene rings is 2. The number of fused-ring (bicyclic) bond motifs is 3. The number of carbonyl (C=O) groups excluding carboxylic acids is 1. The lowest BCUT2D eigenvalue weighted by Gasteiger charge is -2.35. The Morgan fingerprint density at radius 1 is 1.07 bits per heavy atom. The molecule has 1 saturated heterocycles. The first kappa shape index (κ1) is 18.9. The Bertz CT molecular complexity index is 1070. The van der Waals surface area contributed by atoms with Crippen molar-refractivity contribution in [3.63, 3.8) is 0 Å². The second kappa shape index (κ2) is 7.65. The lowest BCUT2D eigenvalue weighted by molar-refractivity contribution is -0.122. The first-order chi connectivity index (χ1) is 14.6. The van der Waals surface area contributed by atoms with Gasteiger partial charge in [-0.1, -0.05) is 30.3 Å².